The Hall–Kier alpha value is -1.30. The molecule has 1 aliphatic heterocycles. The Morgan fingerprint density at radius 2 is 2.00 bits per heavy atom. The molecule has 1 unspecified atom stereocenters. The minimum Gasteiger partial charge on any atom is -0.439 e. The van der Waals surface area contributed by atoms with Gasteiger partial charge in [0.15, 0.2) is 5.60 Å². The van der Waals surface area contributed by atoms with Crippen LogP contribution in [0.2, 0.25) is 0 Å². The molecule has 113 valence electrons. The first-order valence-corrected chi connectivity index (χ1v) is 7.22. The second-order valence-electron chi connectivity index (χ2n) is 6.60. The van der Waals surface area contributed by atoms with Crippen LogP contribution in [0.25, 0.3) is 0 Å². The van der Waals surface area contributed by atoms with Crippen LogP contribution in [0.3, 0.4) is 0 Å². The molecule has 0 saturated heterocycles. The largest absolute Gasteiger partial charge is 0.439 e. The number of rotatable bonds is 5. The van der Waals surface area contributed by atoms with Crippen molar-refractivity contribution in [2.75, 3.05) is 7.05 Å². The van der Waals surface area contributed by atoms with Crippen molar-refractivity contribution in [2.24, 2.45) is 0 Å². The Balaban J connectivity index is 2.04. The van der Waals surface area contributed by atoms with Gasteiger partial charge in [-0.3, -0.25) is 0 Å². The second kappa shape index (κ2) is 5.83. The maximum atomic E-state index is 8.13. The predicted molar refractivity (Wildman–Crippen MR) is 87.5 cm³/mol. The first-order valence-electron chi connectivity index (χ1n) is 7.22. The van der Waals surface area contributed by atoms with Crippen molar-refractivity contribution in [3.63, 3.8) is 0 Å². The van der Waals surface area contributed by atoms with Crippen LogP contribution in [0.1, 0.15) is 39.3 Å². The Bertz CT molecular complexity index is 523. The molecule has 2 rings (SSSR count). The fraction of sp³-hybridized carbons (Fsp3) is 0.500. The van der Waals surface area contributed by atoms with E-state index in [1.54, 1.807) is 7.48 Å². The third-order valence-corrected chi connectivity index (χ3v) is 4.11. The van der Waals surface area contributed by atoms with Crippen molar-refractivity contribution in [3.05, 3.63) is 42.1 Å². The molecule has 1 heterocycles. The normalized spacial score (nSPS) is 19.1. The summed E-state index contributed by atoms with van der Waals surface area (Å²) in [6.07, 6.45) is 4.14. The van der Waals surface area contributed by atoms with E-state index in [1.165, 1.54) is 5.56 Å². The molecule has 1 atom stereocenters. The van der Waals surface area contributed by atoms with Crippen molar-refractivity contribution in [1.82, 2.24) is 10.4 Å². The summed E-state index contributed by atoms with van der Waals surface area (Å²) in [6.45, 7) is 7.60. The molecule has 1 aliphatic rings. The van der Waals surface area contributed by atoms with E-state index in [0.29, 0.717) is 0 Å². The van der Waals surface area contributed by atoms with Crippen molar-refractivity contribution in [2.45, 2.75) is 44.9 Å². The SMILES string of the molecule is CN1C=CC(c2cccc([B]OC(C)(C)C(C)(C)[OH2+])c2)N1. The molecule has 5 heteroatoms. The number of hydrogen-bond acceptors (Lipinski definition) is 3. The van der Waals surface area contributed by atoms with Crippen LogP contribution in [-0.2, 0) is 4.65 Å². The number of hydrogen-bond donors (Lipinski definition) is 1. The van der Waals surface area contributed by atoms with E-state index >= 15 is 0 Å². The fourth-order valence-corrected chi connectivity index (χ4v) is 1.89. The van der Waals surface area contributed by atoms with Crippen LogP contribution in [0.15, 0.2) is 36.5 Å². The Morgan fingerprint density at radius 1 is 1.29 bits per heavy atom. The summed E-state index contributed by atoms with van der Waals surface area (Å²) in [4.78, 5) is 0. The van der Waals surface area contributed by atoms with Crippen LogP contribution in [0, 0.1) is 0 Å². The maximum absolute atomic E-state index is 8.13. The van der Waals surface area contributed by atoms with Gasteiger partial charge in [0.05, 0.1) is 6.04 Å². The highest BCUT2D eigenvalue weighted by Gasteiger charge is 2.40. The third kappa shape index (κ3) is 3.87. The molecule has 21 heavy (non-hydrogen) atoms. The molecule has 3 N–H and O–H groups in total. The Labute approximate surface area is 128 Å². The van der Waals surface area contributed by atoms with Gasteiger partial charge in [0.25, 0.3) is 0 Å². The molecule has 1 radical (unpaired) electrons. The lowest BCUT2D eigenvalue weighted by Crippen LogP contribution is -2.49. The molecule has 1 aromatic rings. The molecule has 0 spiro atoms. The highest BCUT2D eigenvalue weighted by molar-refractivity contribution is 6.47. The summed E-state index contributed by atoms with van der Waals surface area (Å²) in [5, 5.41) is 10.1. The van der Waals surface area contributed by atoms with Gasteiger partial charge in [0, 0.05) is 27.1 Å². The van der Waals surface area contributed by atoms with Gasteiger partial charge in [-0.05, 0) is 25.5 Å². The molecular formula is C16H25BN2O2+. The zero-order valence-corrected chi connectivity index (χ0v) is 13.5. The van der Waals surface area contributed by atoms with Crippen molar-refractivity contribution in [1.29, 1.82) is 0 Å². The zero-order valence-electron chi connectivity index (χ0n) is 13.5. The highest BCUT2D eigenvalue weighted by Crippen LogP contribution is 2.24. The lowest BCUT2D eigenvalue weighted by atomic mass is 9.81. The standard InChI is InChI=1S/C16H24BN2O2/c1-15(2,20)16(3,4)21-17-13-8-6-7-12(11-13)14-9-10-19(5)18-14/h6-11,14,18,20H,1-5H3/p+1. The minimum absolute atomic E-state index is 0.198. The van der Waals surface area contributed by atoms with E-state index in [1.807, 2.05) is 58.1 Å². The average molecular weight is 288 g/mol. The van der Waals surface area contributed by atoms with Crippen LogP contribution in [-0.4, -0.2) is 35.8 Å². The van der Waals surface area contributed by atoms with Crippen LogP contribution in [0.4, 0.5) is 0 Å². The van der Waals surface area contributed by atoms with Crippen LogP contribution in [0.5, 0.6) is 0 Å². The smallest absolute Gasteiger partial charge is 0.331 e. The summed E-state index contributed by atoms with van der Waals surface area (Å²) in [7, 11) is 3.73. The molecular weight excluding hydrogens is 263 g/mol. The average Bonchev–Trinajstić information content (AvgIpc) is 2.82. The first-order chi connectivity index (χ1) is 9.69. The van der Waals surface area contributed by atoms with E-state index in [2.05, 4.69) is 23.6 Å². The number of hydrazine groups is 1. The molecule has 1 aromatic carbocycles. The maximum Gasteiger partial charge on any atom is 0.331 e. The minimum atomic E-state index is -0.667. The molecule has 0 amide bonds. The lowest BCUT2D eigenvalue weighted by Gasteiger charge is -2.33. The van der Waals surface area contributed by atoms with Gasteiger partial charge in [0.1, 0.15) is 5.60 Å². The Kier molecular flexibility index (Phi) is 4.47. The number of nitrogens with one attached hydrogen (secondary N) is 1. The van der Waals surface area contributed by atoms with E-state index in [4.69, 9.17) is 9.76 Å². The molecule has 0 saturated carbocycles. The summed E-state index contributed by atoms with van der Waals surface area (Å²) in [6, 6.07) is 8.44. The van der Waals surface area contributed by atoms with Gasteiger partial charge in [-0.1, -0.05) is 29.7 Å². The van der Waals surface area contributed by atoms with E-state index in [9.17, 15) is 0 Å². The van der Waals surface area contributed by atoms with Gasteiger partial charge in [-0.2, -0.15) is 0 Å². The highest BCUT2D eigenvalue weighted by atomic mass is 16.5. The van der Waals surface area contributed by atoms with Crippen LogP contribution < -0.4 is 10.9 Å². The molecule has 0 bridgehead atoms. The summed E-state index contributed by atoms with van der Waals surface area (Å²) >= 11 is 0. The van der Waals surface area contributed by atoms with Crippen molar-refractivity contribution >= 4 is 12.9 Å². The van der Waals surface area contributed by atoms with E-state index < -0.39 is 11.2 Å². The molecule has 0 aromatic heterocycles. The molecule has 0 aliphatic carbocycles. The van der Waals surface area contributed by atoms with Gasteiger partial charge in [0.2, 0.25) is 0 Å². The van der Waals surface area contributed by atoms with Crippen molar-refractivity contribution in [3.8, 4) is 0 Å². The predicted octanol–water partition coefficient (Wildman–Crippen LogP) is 1.23. The molecule has 4 nitrogen and oxygen atoms in total. The monoisotopic (exact) mass is 288 g/mol. The molecule has 0 fully saturated rings. The third-order valence-electron chi connectivity index (χ3n) is 4.11. The van der Waals surface area contributed by atoms with E-state index in [0.717, 1.165) is 5.46 Å². The van der Waals surface area contributed by atoms with Crippen molar-refractivity contribution < 1.29 is 9.76 Å². The summed E-state index contributed by atoms with van der Waals surface area (Å²) < 4.78 is 5.86. The van der Waals surface area contributed by atoms with Crippen LogP contribution >= 0.6 is 0 Å². The first kappa shape index (κ1) is 16.1. The van der Waals surface area contributed by atoms with Gasteiger partial charge in [-0.25, -0.2) is 5.43 Å². The van der Waals surface area contributed by atoms with E-state index in [-0.39, 0.29) is 6.04 Å². The summed E-state index contributed by atoms with van der Waals surface area (Å²) in [5.41, 5.74) is 4.32. The lowest BCUT2D eigenvalue weighted by molar-refractivity contribution is -0.0893. The number of nitrogens with zero attached hydrogens (tertiary/aromatic N) is 1. The quantitative estimate of drug-likeness (QED) is 0.655. The van der Waals surface area contributed by atoms with Gasteiger partial charge < -0.3 is 14.8 Å². The van der Waals surface area contributed by atoms with Gasteiger partial charge in [-0.15, -0.1) is 0 Å². The fourth-order valence-electron chi connectivity index (χ4n) is 1.89. The summed E-state index contributed by atoms with van der Waals surface area (Å²) in [5.74, 6) is 0. The number of benzene rings is 1. The topological polar surface area (TPSA) is 47.4 Å². The second-order valence-corrected chi connectivity index (χ2v) is 6.60. The zero-order chi connectivity index (χ0) is 15.7. The van der Waals surface area contributed by atoms with Gasteiger partial charge >= 0.3 is 7.48 Å². The Morgan fingerprint density at radius 3 is 2.57 bits per heavy atom.